The zero-order chi connectivity index (χ0) is 13.4. The number of halogens is 1. The van der Waals surface area contributed by atoms with Crippen LogP contribution in [0.3, 0.4) is 0 Å². The summed E-state index contributed by atoms with van der Waals surface area (Å²) >= 11 is 5.84. The molecule has 0 N–H and O–H groups in total. The lowest BCUT2D eigenvalue weighted by Gasteiger charge is -2.16. The van der Waals surface area contributed by atoms with Crippen LogP contribution in [0.25, 0.3) is 0 Å². The predicted octanol–water partition coefficient (Wildman–Crippen LogP) is 4.89. The van der Waals surface area contributed by atoms with Crippen molar-refractivity contribution in [2.45, 2.75) is 52.1 Å². The molecule has 0 aliphatic rings. The summed E-state index contributed by atoms with van der Waals surface area (Å²) in [5.74, 6) is 0.623. The number of hydrogen-bond donors (Lipinski definition) is 0. The van der Waals surface area contributed by atoms with E-state index in [2.05, 4.69) is 6.92 Å². The maximum absolute atomic E-state index is 10.9. The van der Waals surface area contributed by atoms with E-state index >= 15 is 0 Å². The highest BCUT2D eigenvalue weighted by molar-refractivity contribution is 6.30. The van der Waals surface area contributed by atoms with Gasteiger partial charge in [0.05, 0.1) is 11.7 Å². The Morgan fingerprint density at radius 2 is 2.11 bits per heavy atom. The first-order chi connectivity index (χ1) is 8.67. The van der Waals surface area contributed by atoms with E-state index in [0.29, 0.717) is 16.3 Å². The second-order valence-corrected chi connectivity index (χ2v) is 5.01. The highest BCUT2D eigenvalue weighted by Gasteiger charge is 2.08. The fourth-order valence-electron chi connectivity index (χ4n) is 1.85. The number of carbonyl (C=O) groups is 1. The average molecular weight is 269 g/mol. The van der Waals surface area contributed by atoms with E-state index in [9.17, 15) is 4.79 Å². The molecule has 0 amide bonds. The molecule has 0 saturated carbocycles. The minimum absolute atomic E-state index is 0.127. The maximum Gasteiger partial charge on any atom is 0.153 e. The van der Waals surface area contributed by atoms with E-state index in [1.165, 1.54) is 25.7 Å². The van der Waals surface area contributed by atoms with Gasteiger partial charge in [0.2, 0.25) is 0 Å². The monoisotopic (exact) mass is 268 g/mol. The molecule has 1 atom stereocenters. The standard InChI is InChI=1S/C15H21ClO2/c1-3-4-5-6-7-12(2)18-15-9-8-14(16)10-13(15)11-17/h8-12H,3-7H2,1-2H3. The highest BCUT2D eigenvalue weighted by atomic mass is 35.5. The molecule has 0 saturated heterocycles. The number of carbonyl (C=O) groups excluding carboxylic acids is 1. The SMILES string of the molecule is CCCCCCC(C)Oc1ccc(Cl)cc1C=O. The van der Waals surface area contributed by atoms with Crippen LogP contribution >= 0.6 is 11.6 Å². The molecule has 3 heteroatoms. The lowest BCUT2D eigenvalue weighted by Crippen LogP contribution is -2.12. The minimum atomic E-state index is 0.127. The molecular weight excluding hydrogens is 248 g/mol. The van der Waals surface area contributed by atoms with Crippen molar-refractivity contribution in [3.8, 4) is 5.75 Å². The number of ether oxygens (including phenoxy) is 1. The van der Waals surface area contributed by atoms with Gasteiger partial charge in [-0.2, -0.15) is 0 Å². The molecule has 0 aliphatic carbocycles. The van der Waals surface area contributed by atoms with Crippen molar-refractivity contribution in [2.24, 2.45) is 0 Å². The summed E-state index contributed by atoms with van der Waals surface area (Å²) < 4.78 is 5.78. The molecule has 0 radical (unpaired) electrons. The second kappa shape index (κ2) is 8.15. The van der Waals surface area contributed by atoms with Crippen molar-refractivity contribution in [3.63, 3.8) is 0 Å². The van der Waals surface area contributed by atoms with Gasteiger partial charge < -0.3 is 4.74 Å². The Labute approximate surface area is 114 Å². The van der Waals surface area contributed by atoms with E-state index in [0.717, 1.165) is 12.7 Å². The first-order valence-electron chi connectivity index (χ1n) is 6.58. The zero-order valence-corrected chi connectivity index (χ0v) is 11.9. The molecule has 0 spiro atoms. The molecule has 1 unspecified atom stereocenters. The Kier molecular flexibility index (Phi) is 6.81. The fraction of sp³-hybridized carbons (Fsp3) is 0.533. The van der Waals surface area contributed by atoms with Gasteiger partial charge in [-0.05, 0) is 38.0 Å². The largest absolute Gasteiger partial charge is 0.490 e. The summed E-state index contributed by atoms with van der Waals surface area (Å²) in [6, 6.07) is 5.13. The third-order valence-corrected chi connectivity index (χ3v) is 3.13. The number of benzene rings is 1. The maximum atomic E-state index is 10.9. The molecule has 0 bridgehead atoms. The molecular formula is C15H21ClO2. The van der Waals surface area contributed by atoms with E-state index in [-0.39, 0.29) is 6.10 Å². The summed E-state index contributed by atoms with van der Waals surface area (Å²) in [6.45, 7) is 4.24. The lowest BCUT2D eigenvalue weighted by atomic mass is 10.1. The van der Waals surface area contributed by atoms with E-state index < -0.39 is 0 Å². The van der Waals surface area contributed by atoms with E-state index in [4.69, 9.17) is 16.3 Å². The van der Waals surface area contributed by atoms with Crippen molar-refractivity contribution in [1.82, 2.24) is 0 Å². The van der Waals surface area contributed by atoms with Gasteiger partial charge in [0.25, 0.3) is 0 Å². The van der Waals surface area contributed by atoms with Crippen LogP contribution in [-0.4, -0.2) is 12.4 Å². The molecule has 2 nitrogen and oxygen atoms in total. The summed E-state index contributed by atoms with van der Waals surface area (Å²) in [4.78, 5) is 10.9. The highest BCUT2D eigenvalue weighted by Crippen LogP contribution is 2.23. The molecule has 1 aromatic carbocycles. The van der Waals surface area contributed by atoms with Crippen molar-refractivity contribution in [3.05, 3.63) is 28.8 Å². The molecule has 0 aliphatic heterocycles. The third-order valence-electron chi connectivity index (χ3n) is 2.89. The second-order valence-electron chi connectivity index (χ2n) is 4.58. The Hall–Kier alpha value is -1.02. The molecule has 18 heavy (non-hydrogen) atoms. The quantitative estimate of drug-likeness (QED) is 0.496. The Morgan fingerprint density at radius 1 is 1.33 bits per heavy atom. The molecule has 0 fully saturated rings. The van der Waals surface area contributed by atoms with Gasteiger partial charge in [-0.1, -0.05) is 37.8 Å². The van der Waals surface area contributed by atoms with E-state index in [1.54, 1.807) is 18.2 Å². The molecule has 1 rings (SSSR count). The molecule has 0 aromatic heterocycles. The number of unbranched alkanes of at least 4 members (excludes halogenated alkanes) is 3. The Balaban J connectivity index is 2.48. The topological polar surface area (TPSA) is 26.3 Å². The number of rotatable bonds is 8. The van der Waals surface area contributed by atoms with E-state index in [1.807, 2.05) is 6.92 Å². The van der Waals surface area contributed by atoms with Crippen LogP contribution in [-0.2, 0) is 0 Å². The predicted molar refractivity (Wildman–Crippen MR) is 75.7 cm³/mol. The first kappa shape index (κ1) is 15.0. The van der Waals surface area contributed by atoms with Gasteiger partial charge in [0.15, 0.2) is 6.29 Å². The summed E-state index contributed by atoms with van der Waals surface area (Å²) in [5.41, 5.74) is 0.517. The smallest absolute Gasteiger partial charge is 0.153 e. The number of hydrogen-bond acceptors (Lipinski definition) is 2. The van der Waals surface area contributed by atoms with Crippen molar-refractivity contribution < 1.29 is 9.53 Å². The van der Waals surface area contributed by atoms with Gasteiger partial charge in [0.1, 0.15) is 5.75 Å². The van der Waals surface area contributed by atoms with Gasteiger partial charge in [-0.3, -0.25) is 4.79 Å². The van der Waals surface area contributed by atoms with Crippen LogP contribution in [0.4, 0.5) is 0 Å². The lowest BCUT2D eigenvalue weighted by molar-refractivity contribution is 0.111. The van der Waals surface area contributed by atoms with Crippen LogP contribution in [0.5, 0.6) is 5.75 Å². The summed E-state index contributed by atoms with van der Waals surface area (Å²) in [5, 5.41) is 0.556. The van der Waals surface area contributed by atoms with Crippen molar-refractivity contribution in [1.29, 1.82) is 0 Å². The normalized spacial score (nSPS) is 12.2. The number of aldehydes is 1. The first-order valence-corrected chi connectivity index (χ1v) is 6.96. The van der Waals surface area contributed by atoms with Crippen LogP contribution < -0.4 is 4.74 Å². The van der Waals surface area contributed by atoms with Crippen molar-refractivity contribution in [2.75, 3.05) is 0 Å². The Bertz CT molecular complexity index is 377. The molecule has 100 valence electrons. The van der Waals surface area contributed by atoms with Gasteiger partial charge >= 0.3 is 0 Å². The summed E-state index contributed by atoms with van der Waals surface area (Å²) in [7, 11) is 0. The van der Waals surface area contributed by atoms with Crippen LogP contribution in [0.2, 0.25) is 5.02 Å². The van der Waals surface area contributed by atoms with Crippen LogP contribution in [0.1, 0.15) is 56.3 Å². The molecule has 0 heterocycles. The van der Waals surface area contributed by atoms with Gasteiger partial charge in [-0.15, -0.1) is 0 Å². The van der Waals surface area contributed by atoms with Crippen LogP contribution in [0, 0.1) is 0 Å². The summed E-state index contributed by atoms with van der Waals surface area (Å²) in [6.07, 6.45) is 6.84. The Morgan fingerprint density at radius 3 is 2.78 bits per heavy atom. The average Bonchev–Trinajstić information content (AvgIpc) is 2.37. The molecule has 1 aromatic rings. The fourth-order valence-corrected chi connectivity index (χ4v) is 2.03. The third kappa shape index (κ3) is 5.09. The van der Waals surface area contributed by atoms with Gasteiger partial charge in [-0.25, -0.2) is 0 Å². The van der Waals surface area contributed by atoms with Crippen LogP contribution in [0.15, 0.2) is 18.2 Å². The van der Waals surface area contributed by atoms with Crippen molar-refractivity contribution >= 4 is 17.9 Å². The van der Waals surface area contributed by atoms with Gasteiger partial charge in [0, 0.05) is 5.02 Å². The minimum Gasteiger partial charge on any atom is -0.490 e. The zero-order valence-electron chi connectivity index (χ0n) is 11.1.